The number of rotatable bonds is 7. The minimum atomic E-state index is -0.579. The molecule has 0 saturated heterocycles. The minimum Gasteiger partial charge on any atom is -0.488 e. The highest BCUT2D eigenvalue weighted by atomic mass is 35.5. The number of hydrogen-bond donors (Lipinski definition) is 2. The van der Waals surface area contributed by atoms with E-state index in [-0.39, 0.29) is 6.61 Å². The predicted octanol–water partition coefficient (Wildman–Crippen LogP) is 3.51. The zero-order chi connectivity index (χ0) is 14.5. The largest absolute Gasteiger partial charge is 0.488 e. The molecular formula is C15H21Cl2NO2. The lowest BCUT2D eigenvalue weighted by Gasteiger charge is -2.32. The van der Waals surface area contributed by atoms with Gasteiger partial charge in [-0.15, -0.1) is 0 Å². The average molecular weight is 318 g/mol. The molecular weight excluding hydrogens is 297 g/mol. The van der Waals surface area contributed by atoms with Crippen molar-refractivity contribution in [2.75, 3.05) is 13.2 Å². The van der Waals surface area contributed by atoms with Crippen molar-refractivity contribution in [3.05, 3.63) is 28.2 Å². The van der Waals surface area contributed by atoms with E-state index in [9.17, 15) is 5.11 Å². The SMILES string of the molecule is CC(NCC(O)COc1c(Cl)cccc1Cl)C1CCC1. The number of aliphatic hydroxyl groups excluding tert-OH is 1. The molecule has 1 saturated carbocycles. The second-order valence-electron chi connectivity index (χ2n) is 5.40. The molecule has 1 aromatic carbocycles. The van der Waals surface area contributed by atoms with E-state index in [1.807, 2.05) is 0 Å². The zero-order valence-electron chi connectivity index (χ0n) is 11.6. The second kappa shape index (κ2) is 7.51. The summed E-state index contributed by atoms with van der Waals surface area (Å²) in [6.45, 7) is 2.86. The van der Waals surface area contributed by atoms with Crippen LogP contribution in [0.5, 0.6) is 5.75 Å². The van der Waals surface area contributed by atoms with E-state index in [0.717, 1.165) is 5.92 Å². The lowest BCUT2D eigenvalue weighted by Crippen LogP contribution is -2.42. The normalized spacial score (nSPS) is 18.4. The fourth-order valence-electron chi connectivity index (χ4n) is 2.29. The molecule has 112 valence electrons. The van der Waals surface area contributed by atoms with Crippen LogP contribution in [-0.2, 0) is 0 Å². The van der Waals surface area contributed by atoms with Gasteiger partial charge in [-0.1, -0.05) is 35.7 Å². The molecule has 1 aliphatic carbocycles. The Morgan fingerprint density at radius 3 is 2.55 bits per heavy atom. The third-order valence-electron chi connectivity index (χ3n) is 3.87. The molecule has 5 heteroatoms. The number of benzene rings is 1. The maximum absolute atomic E-state index is 9.94. The van der Waals surface area contributed by atoms with Gasteiger partial charge in [-0.2, -0.15) is 0 Å². The first-order valence-corrected chi connectivity index (χ1v) is 7.81. The van der Waals surface area contributed by atoms with Crippen molar-refractivity contribution in [3.63, 3.8) is 0 Å². The topological polar surface area (TPSA) is 41.5 Å². The Hall–Kier alpha value is -0.480. The summed E-state index contributed by atoms with van der Waals surface area (Å²) < 4.78 is 5.51. The van der Waals surface area contributed by atoms with Crippen LogP contribution in [0.1, 0.15) is 26.2 Å². The fourth-order valence-corrected chi connectivity index (χ4v) is 2.79. The molecule has 2 rings (SSSR count). The molecule has 1 aliphatic rings. The quantitative estimate of drug-likeness (QED) is 0.808. The Balaban J connectivity index is 1.73. The molecule has 1 fully saturated rings. The molecule has 0 spiro atoms. The molecule has 2 N–H and O–H groups in total. The van der Waals surface area contributed by atoms with Gasteiger partial charge < -0.3 is 15.2 Å². The van der Waals surface area contributed by atoms with Crippen molar-refractivity contribution < 1.29 is 9.84 Å². The van der Waals surface area contributed by atoms with Gasteiger partial charge >= 0.3 is 0 Å². The minimum absolute atomic E-state index is 0.174. The number of hydrogen-bond acceptors (Lipinski definition) is 3. The van der Waals surface area contributed by atoms with Crippen LogP contribution in [0.4, 0.5) is 0 Å². The Labute approximate surface area is 130 Å². The number of ether oxygens (including phenoxy) is 1. The summed E-state index contributed by atoms with van der Waals surface area (Å²) in [7, 11) is 0. The van der Waals surface area contributed by atoms with Gasteiger partial charge in [0.25, 0.3) is 0 Å². The summed E-state index contributed by atoms with van der Waals surface area (Å²) in [5, 5.41) is 14.2. The lowest BCUT2D eigenvalue weighted by atomic mass is 9.80. The van der Waals surface area contributed by atoms with Gasteiger partial charge in [0, 0.05) is 12.6 Å². The highest BCUT2D eigenvalue weighted by Gasteiger charge is 2.23. The van der Waals surface area contributed by atoms with Crippen molar-refractivity contribution in [2.45, 2.75) is 38.3 Å². The molecule has 2 atom stereocenters. The summed E-state index contributed by atoms with van der Waals surface area (Å²) in [4.78, 5) is 0. The van der Waals surface area contributed by atoms with E-state index in [0.29, 0.717) is 28.4 Å². The predicted molar refractivity (Wildman–Crippen MR) is 82.8 cm³/mol. The van der Waals surface area contributed by atoms with E-state index >= 15 is 0 Å². The summed E-state index contributed by atoms with van der Waals surface area (Å²) >= 11 is 12.0. The van der Waals surface area contributed by atoms with Gasteiger partial charge in [0.05, 0.1) is 10.0 Å². The number of nitrogens with one attached hydrogen (secondary N) is 1. The van der Waals surface area contributed by atoms with Crippen molar-refractivity contribution in [3.8, 4) is 5.75 Å². The summed E-state index contributed by atoms with van der Waals surface area (Å²) in [6.07, 6.45) is 3.32. The first-order valence-electron chi connectivity index (χ1n) is 7.06. The van der Waals surface area contributed by atoms with Crippen LogP contribution in [0.3, 0.4) is 0 Å². The molecule has 0 radical (unpaired) electrons. The molecule has 2 unspecified atom stereocenters. The third-order valence-corrected chi connectivity index (χ3v) is 4.47. The van der Waals surface area contributed by atoms with E-state index in [1.165, 1.54) is 19.3 Å². The van der Waals surface area contributed by atoms with Gasteiger partial charge in [0.15, 0.2) is 5.75 Å². The molecule has 0 bridgehead atoms. The molecule has 0 aromatic heterocycles. The number of halogens is 2. The van der Waals surface area contributed by atoms with Crippen LogP contribution in [0, 0.1) is 5.92 Å². The first kappa shape index (κ1) is 15.9. The number of aliphatic hydroxyl groups is 1. The van der Waals surface area contributed by atoms with Crippen LogP contribution in [-0.4, -0.2) is 30.4 Å². The smallest absolute Gasteiger partial charge is 0.156 e. The van der Waals surface area contributed by atoms with Gasteiger partial charge in [-0.05, 0) is 37.8 Å². The van der Waals surface area contributed by atoms with Crippen molar-refractivity contribution in [1.82, 2.24) is 5.32 Å². The van der Waals surface area contributed by atoms with Gasteiger partial charge in [0.2, 0.25) is 0 Å². The molecule has 20 heavy (non-hydrogen) atoms. The van der Waals surface area contributed by atoms with Crippen LogP contribution < -0.4 is 10.1 Å². The van der Waals surface area contributed by atoms with E-state index in [4.69, 9.17) is 27.9 Å². The van der Waals surface area contributed by atoms with Crippen molar-refractivity contribution in [2.24, 2.45) is 5.92 Å². The van der Waals surface area contributed by atoms with Gasteiger partial charge in [0.1, 0.15) is 12.7 Å². The van der Waals surface area contributed by atoms with Crippen LogP contribution in [0.2, 0.25) is 10.0 Å². The Bertz CT molecular complexity index is 418. The number of para-hydroxylation sites is 1. The highest BCUT2D eigenvalue weighted by Crippen LogP contribution is 2.32. The molecule has 0 aliphatic heterocycles. The van der Waals surface area contributed by atoms with Crippen molar-refractivity contribution >= 4 is 23.2 Å². The van der Waals surface area contributed by atoms with E-state index < -0.39 is 6.10 Å². The molecule has 3 nitrogen and oxygen atoms in total. The molecule has 1 aromatic rings. The third kappa shape index (κ3) is 4.26. The first-order chi connectivity index (χ1) is 9.58. The van der Waals surface area contributed by atoms with Crippen LogP contribution in [0.25, 0.3) is 0 Å². The van der Waals surface area contributed by atoms with E-state index in [1.54, 1.807) is 18.2 Å². The molecule has 0 heterocycles. The van der Waals surface area contributed by atoms with Crippen molar-refractivity contribution in [1.29, 1.82) is 0 Å². The van der Waals surface area contributed by atoms with E-state index in [2.05, 4.69) is 12.2 Å². The monoisotopic (exact) mass is 317 g/mol. The van der Waals surface area contributed by atoms with Crippen LogP contribution in [0.15, 0.2) is 18.2 Å². The van der Waals surface area contributed by atoms with Gasteiger partial charge in [-0.25, -0.2) is 0 Å². The zero-order valence-corrected chi connectivity index (χ0v) is 13.1. The van der Waals surface area contributed by atoms with Gasteiger partial charge in [-0.3, -0.25) is 0 Å². The second-order valence-corrected chi connectivity index (χ2v) is 6.22. The fraction of sp³-hybridized carbons (Fsp3) is 0.600. The Morgan fingerprint density at radius 2 is 2.00 bits per heavy atom. The standard InChI is InChI=1S/C15H21Cl2NO2/c1-10(11-4-2-5-11)18-8-12(19)9-20-15-13(16)6-3-7-14(15)17/h3,6-7,10-12,18-19H,2,4-5,8-9H2,1H3. The summed E-state index contributed by atoms with van der Waals surface area (Å²) in [5.41, 5.74) is 0. The Kier molecular flexibility index (Phi) is 5.97. The summed E-state index contributed by atoms with van der Waals surface area (Å²) in [6, 6.07) is 5.64. The highest BCUT2D eigenvalue weighted by molar-refractivity contribution is 6.37. The molecule has 0 amide bonds. The van der Waals surface area contributed by atoms with Crippen LogP contribution >= 0.6 is 23.2 Å². The maximum Gasteiger partial charge on any atom is 0.156 e. The lowest BCUT2D eigenvalue weighted by molar-refractivity contribution is 0.0983. The maximum atomic E-state index is 9.94. The summed E-state index contributed by atoms with van der Waals surface area (Å²) in [5.74, 6) is 1.18. The average Bonchev–Trinajstić information content (AvgIpc) is 2.33. The Morgan fingerprint density at radius 1 is 1.35 bits per heavy atom.